The fraction of sp³-hybridized carbons (Fsp3) is 0.100. The predicted octanol–water partition coefficient (Wildman–Crippen LogP) is 5.28. The van der Waals surface area contributed by atoms with E-state index in [9.17, 15) is 26.0 Å². The third-order valence-corrected chi connectivity index (χ3v) is 5.83. The number of hydrogen-bond donors (Lipinski definition) is 0. The lowest BCUT2D eigenvalue weighted by Crippen LogP contribution is -2.06. The molecule has 0 radical (unpaired) electrons. The van der Waals surface area contributed by atoms with Crippen molar-refractivity contribution in [1.29, 1.82) is 0 Å². The summed E-state index contributed by atoms with van der Waals surface area (Å²) in [6, 6.07) is 8.75. The SMILES string of the molecule is CS(=O)(=O)c1cc(-c2c(-c3ccc(F)c(Cl)c3)nn3cc(C(F)(F)F)ccc23)ccn1. The predicted molar refractivity (Wildman–Crippen MR) is 107 cm³/mol. The van der Waals surface area contributed by atoms with Crippen molar-refractivity contribution < 1.29 is 26.0 Å². The summed E-state index contributed by atoms with van der Waals surface area (Å²) >= 11 is 5.88. The van der Waals surface area contributed by atoms with Crippen LogP contribution in [0.25, 0.3) is 27.9 Å². The van der Waals surface area contributed by atoms with Crippen LogP contribution in [0.5, 0.6) is 0 Å². The van der Waals surface area contributed by atoms with Gasteiger partial charge in [-0.05, 0) is 48.0 Å². The summed E-state index contributed by atoms with van der Waals surface area (Å²) in [5.74, 6) is -0.668. The van der Waals surface area contributed by atoms with E-state index in [1.165, 1.54) is 36.5 Å². The number of rotatable bonds is 3. The highest BCUT2D eigenvalue weighted by Crippen LogP contribution is 2.38. The van der Waals surface area contributed by atoms with Crippen LogP contribution >= 0.6 is 11.6 Å². The Balaban J connectivity index is 2.05. The van der Waals surface area contributed by atoms with Crippen molar-refractivity contribution in [3.63, 3.8) is 0 Å². The zero-order chi connectivity index (χ0) is 22.6. The number of nitrogens with zero attached hydrogens (tertiary/aromatic N) is 3. The Bertz CT molecular complexity index is 1430. The maximum Gasteiger partial charge on any atom is 0.417 e. The Morgan fingerprint density at radius 1 is 1.03 bits per heavy atom. The molecule has 0 atom stereocenters. The van der Waals surface area contributed by atoms with Crippen molar-refractivity contribution in [3.8, 4) is 22.4 Å². The quantitative estimate of drug-likeness (QED) is 0.383. The molecule has 0 N–H and O–H groups in total. The number of halogens is 5. The third kappa shape index (κ3) is 4.00. The normalized spacial score (nSPS) is 12.5. The van der Waals surface area contributed by atoms with E-state index in [0.29, 0.717) is 16.7 Å². The van der Waals surface area contributed by atoms with Crippen molar-refractivity contribution in [2.75, 3.05) is 6.26 Å². The zero-order valence-corrected chi connectivity index (χ0v) is 17.2. The second kappa shape index (κ2) is 7.31. The van der Waals surface area contributed by atoms with Gasteiger partial charge in [0.15, 0.2) is 14.9 Å². The third-order valence-electron chi connectivity index (χ3n) is 4.55. The van der Waals surface area contributed by atoms with Crippen LogP contribution in [0.15, 0.2) is 59.9 Å². The van der Waals surface area contributed by atoms with Crippen molar-refractivity contribution in [2.24, 2.45) is 0 Å². The van der Waals surface area contributed by atoms with Crippen molar-refractivity contribution >= 4 is 27.0 Å². The largest absolute Gasteiger partial charge is 0.417 e. The Morgan fingerprint density at radius 2 is 1.77 bits per heavy atom. The number of hydrogen-bond acceptors (Lipinski definition) is 4. The molecule has 0 aliphatic rings. The molecule has 4 rings (SSSR count). The molecule has 3 aromatic heterocycles. The van der Waals surface area contributed by atoms with Gasteiger partial charge >= 0.3 is 6.18 Å². The van der Waals surface area contributed by atoms with Crippen LogP contribution in [0.2, 0.25) is 5.02 Å². The number of alkyl halides is 3. The van der Waals surface area contributed by atoms with E-state index in [4.69, 9.17) is 11.6 Å². The molecule has 160 valence electrons. The van der Waals surface area contributed by atoms with Gasteiger partial charge in [0.2, 0.25) is 0 Å². The van der Waals surface area contributed by atoms with Crippen LogP contribution in [0.3, 0.4) is 0 Å². The molecular formula is C20H12ClF4N3O2S. The number of sulfone groups is 1. The van der Waals surface area contributed by atoms with Gasteiger partial charge in [-0.3, -0.25) is 0 Å². The van der Waals surface area contributed by atoms with E-state index in [1.54, 1.807) is 0 Å². The Hall–Kier alpha value is -2.98. The molecule has 11 heteroatoms. The minimum absolute atomic E-state index is 0.192. The van der Waals surface area contributed by atoms with E-state index in [-0.39, 0.29) is 21.3 Å². The van der Waals surface area contributed by atoms with Gasteiger partial charge in [0, 0.05) is 29.8 Å². The van der Waals surface area contributed by atoms with E-state index in [1.807, 2.05) is 0 Å². The van der Waals surface area contributed by atoms with Gasteiger partial charge in [0.05, 0.1) is 16.1 Å². The lowest BCUT2D eigenvalue weighted by molar-refractivity contribution is -0.137. The summed E-state index contributed by atoms with van der Waals surface area (Å²) in [5.41, 5.74) is 0.631. The van der Waals surface area contributed by atoms with Gasteiger partial charge in [-0.1, -0.05) is 11.6 Å². The molecule has 0 unspecified atom stereocenters. The minimum atomic E-state index is -4.58. The van der Waals surface area contributed by atoms with Crippen LogP contribution in [-0.2, 0) is 16.0 Å². The molecule has 1 aromatic carbocycles. The van der Waals surface area contributed by atoms with Crippen molar-refractivity contribution in [3.05, 3.63) is 71.3 Å². The molecular weight excluding hydrogens is 458 g/mol. The summed E-state index contributed by atoms with van der Waals surface area (Å²) in [4.78, 5) is 3.84. The molecule has 0 saturated heterocycles. The highest BCUT2D eigenvalue weighted by atomic mass is 35.5. The van der Waals surface area contributed by atoms with Crippen LogP contribution in [0.4, 0.5) is 17.6 Å². The van der Waals surface area contributed by atoms with Crippen LogP contribution in [0, 0.1) is 5.82 Å². The molecule has 0 aliphatic heterocycles. The number of aromatic nitrogens is 3. The highest BCUT2D eigenvalue weighted by molar-refractivity contribution is 7.90. The summed E-state index contributed by atoms with van der Waals surface area (Å²) in [6.45, 7) is 0. The van der Waals surface area contributed by atoms with Crippen LogP contribution in [-0.4, -0.2) is 29.3 Å². The Morgan fingerprint density at radius 3 is 2.42 bits per heavy atom. The average Bonchev–Trinajstić information content (AvgIpc) is 3.07. The smallest absolute Gasteiger partial charge is 0.245 e. The molecule has 0 spiro atoms. The highest BCUT2D eigenvalue weighted by Gasteiger charge is 2.31. The number of pyridine rings is 2. The minimum Gasteiger partial charge on any atom is -0.245 e. The maximum absolute atomic E-state index is 13.7. The second-order valence-electron chi connectivity index (χ2n) is 6.75. The molecule has 5 nitrogen and oxygen atoms in total. The summed E-state index contributed by atoms with van der Waals surface area (Å²) in [5, 5.41) is 3.86. The van der Waals surface area contributed by atoms with E-state index in [2.05, 4.69) is 10.1 Å². The fourth-order valence-electron chi connectivity index (χ4n) is 3.11. The average molecular weight is 470 g/mol. The molecule has 0 amide bonds. The first kappa shape index (κ1) is 21.3. The van der Waals surface area contributed by atoms with E-state index in [0.717, 1.165) is 29.1 Å². The second-order valence-corrected chi connectivity index (χ2v) is 9.12. The van der Waals surface area contributed by atoms with E-state index < -0.39 is 27.4 Å². The fourth-order valence-corrected chi connectivity index (χ4v) is 3.89. The first-order chi connectivity index (χ1) is 14.4. The Labute approximate surface area is 178 Å². The van der Waals surface area contributed by atoms with Gasteiger partial charge < -0.3 is 0 Å². The van der Waals surface area contributed by atoms with Gasteiger partial charge in [-0.15, -0.1) is 0 Å². The maximum atomic E-state index is 13.7. The van der Waals surface area contributed by atoms with Gasteiger partial charge in [0.25, 0.3) is 0 Å². The van der Waals surface area contributed by atoms with Gasteiger partial charge in [0.1, 0.15) is 11.5 Å². The standard InChI is InChI=1S/C20H12ClF4N3O2S/c1-31(29,30)17-9-11(6-7-26-17)18-16-5-3-13(20(23,24)25)10-28(16)27-19(18)12-2-4-15(22)14(21)8-12/h2-10H,1H3. The molecule has 0 saturated carbocycles. The molecule has 3 heterocycles. The van der Waals surface area contributed by atoms with Crippen LogP contribution < -0.4 is 0 Å². The van der Waals surface area contributed by atoms with Crippen molar-refractivity contribution in [2.45, 2.75) is 11.2 Å². The zero-order valence-electron chi connectivity index (χ0n) is 15.7. The Kier molecular flexibility index (Phi) is 5.01. The number of benzene rings is 1. The van der Waals surface area contributed by atoms with Crippen LogP contribution in [0.1, 0.15) is 5.56 Å². The molecule has 0 bridgehead atoms. The summed E-state index contributed by atoms with van der Waals surface area (Å²) < 4.78 is 78.1. The lowest BCUT2D eigenvalue weighted by atomic mass is 10.0. The van der Waals surface area contributed by atoms with Crippen molar-refractivity contribution in [1.82, 2.24) is 14.6 Å². The summed E-state index contributed by atoms with van der Waals surface area (Å²) in [7, 11) is -3.64. The topological polar surface area (TPSA) is 64.3 Å². The lowest BCUT2D eigenvalue weighted by Gasteiger charge is -2.08. The number of fused-ring (bicyclic) bond motifs is 1. The molecule has 0 fully saturated rings. The monoisotopic (exact) mass is 469 g/mol. The first-order valence-corrected chi connectivity index (χ1v) is 10.9. The molecule has 4 aromatic rings. The molecule has 31 heavy (non-hydrogen) atoms. The molecule has 0 aliphatic carbocycles. The van der Waals surface area contributed by atoms with E-state index >= 15 is 0 Å². The van der Waals surface area contributed by atoms with Gasteiger partial charge in [-0.25, -0.2) is 22.3 Å². The van der Waals surface area contributed by atoms with Gasteiger partial charge in [-0.2, -0.15) is 18.3 Å². The summed E-state index contributed by atoms with van der Waals surface area (Å²) in [6.07, 6.45) is -1.49. The first-order valence-electron chi connectivity index (χ1n) is 8.66.